The Morgan fingerprint density at radius 1 is 1.29 bits per heavy atom. The molecule has 2 rings (SSSR count). The van der Waals surface area contributed by atoms with Gasteiger partial charge in [-0.15, -0.1) is 0 Å². The van der Waals surface area contributed by atoms with Gasteiger partial charge in [-0.2, -0.15) is 0 Å². The van der Waals surface area contributed by atoms with Crippen LogP contribution in [0.15, 0.2) is 29.4 Å². The van der Waals surface area contributed by atoms with E-state index in [9.17, 15) is 14.7 Å². The van der Waals surface area contributed by atoms with Crippen molar-refractivity contribution in [3.63, 3.8) is 0 Å². The summed E-state index contributed by atoms with van der Waals surface area (Å²) in [7, 11) is 0. The Hall–Kier alpha value is -2.41. The van der Waals surface area contributed by atoms with Gasteiger partial charge in [-0.05, 0) is 12.8 Å². The first kappa shape index (κ1) is 17.9. The lowest BCUT2D eigenvalue weighted by Gasteiger charge is -2.30. The second kappa shape index (κ2) is 7.92. The van der Waals surface area contributed by atoms with Gasteiger partial charge in [0.05, 0.1) is 6.10 Å². The summed E-state index contributed by atoms with van der Waals surface area (Å²) in [6.07, 6.45) is 0.890. The van der Waals surface area contributed by atoms with Gasteiger partial charge in [0.15, 0.2) is 11.6 Å². The molecule has 0 aromatic heterocycles. The fraction of sp³-hybridized carbons (Fsp3) is 0.471. The maximum atomic E-state index is 12.7. The van der Waals surface area contributed by atoms with Gasteiger partial charge in [-0.3, -0.25) is 9.59 Å². The molecule has 1 fully saturated rings. The van der Waals surface area contributed by atoms with E-state index in [1.54, 1.807) is 36.1 Å². The Morgan fingerprint density at radius 2 is 1.88 bits per heavy atom. The Kier molecular flexibility index (Phi) is 5.92. The van der Waals surface area contributed by atoms with Crippen molar-refractivity contribution in [1.29, 1.82) is 0 Å². The van der Waals surface area contributed by atoms with E-state index < -0.39 is 5.92 Å². The van der Waals surface area contributed by atoms with E-state index in [4.69, 9.17) is 10.9 Å². The number of likely N-dealkylation sites (tertiary alicyclic amines) is 1. The van der Waals surface area contributed by atoms with E-state index in [1.165, 1.54) is 0 Å². The van der Waals surface area contributed by atoms with Gasteiger partial charge in [-0.25, -0.2) is 0 Å². The molecule has 0 aliphatic carbocycles. The first-order chi connectivity index (χ1) is 11.4. The number of nitrogens with zero attached hydrogens (tertiary/aromatic N) is 2. The molecule has 1 saturated heterocycles. The molecule has 1 aliphatic heterocycles. The molecule has 7 heteroatoms. The lowest BCUT2D eigenvalue weighted by Crippen LogP contribution is -2.41. The van der Waals surface area contributed by atoms with Crippen LogP contribution in [0.2, 0.25) is 0 Å². The molecular weight excluding hydrogens is 310 g/mol. The molecular formula is C17H23N3O4. The molecule has 0 radical (unpaired) electrons. The fourth-order valence-corrected chi connectivity index (χ4v) is 2.84. The third-order valence-electron chi connectivity index (χ3n) is 4.32. The minimum absolute atomic E-state index is 0.0935. The highest BCUT2D eigenvalue weighted by Crippen LogP contribution is 2.19. The Labute approximate surface area is 140 Å². The van der Waals surface area contributed by atoms with Crippen LogP contribution in [-0.2, 0) is 4.79 Å². The molecule has 1 heterocycles. The first-order valence-electron chi connectivity index (χ1n) is 8.01. The summed E-state index contributed by atoms with van der Waals surface area (Å²) >= 11 is 0. The van der Waals surface area contributed by atoms with Crippen LogP contribution in [0.1, 0.15) is 42.1 Å². The second-order valence-corrected chi connectivity index (χ2v) is 6.11. The van der Waals surface area contributed by atoms with Crippen LogP contribution in [0.25, 0.3) is 0 Å². The van der Waals surface area contributed by atoms with E-state index in [0.717, 1.165) is 0 Å². The quantitative estimate of drug-likeness (QED) is 0.244. The molecule has 4 N–H and O–H groups in total. The van der Waals surface area contributed by atoms with Gasteiger partial charge in [0, 0.05) is 36.6 Å². The van der Waals surface area contributed by atoms with Crippen molar-refractivity contribution in [2.75, 3.05) is 13.1 Å². The number of benzene rings is 1. The van der Waals surface area contributed by atoms with Gasteiger partial charge in [-0.1, -0.05) is 36.3 Å². The SMILES string of the molecule is CC(CC(=O)N1CCC(O)CC1)C(=O)c1ccccc1/C(N)=N\O. The molecule has 24 heavy (non-hydrogen) atoms. The normalized spacial score (nSPS) is 17.6. The van der Waals surface area contributed by atoms with Crippen molar-refractivity contribution in [3.05, 3.63) is 35.4 Å². The van der Waals surface area contributed by atoms with E-state index in [1.807, 2.05) is 0 Å². The number of nitrogens with two attached hydrogens (primary N) is 1. The van der Waals surface area contributed by atoms with Crippen molar-refractivity contribution < 1.29 is 19.9 Å². The number of carbonyl (C=O) groups excluding carboxylic acids is 2. The average Bonchev–Trinajstić information content (AvgIpc) is 2.60. The maximum Gasteiger partial charge on any atom is 0.223 e. The predicted octanol–water partition coefficient (Wildman–Crippen LogP) is 0.973. The summed E-state index contributed by atoms with van der Waals surface area (Å²) in [4.78, 5) is 26.7. The van der Waals surface area contributed by atoms with Crippen LogP contribution in [0.5, 0.6) is 0 Å². The van der Waals surface area contributed by atoms with Crippen molar-refractivity contribution in [2.45, 2.75) is 32.3 Å². The Balaban J connectivity index is 2.06. The highest BCUT2D eigenvalue weighted by molar-refractivity contribution is 6.10. The molecule has 7 nitrogen and oxygen atoms in total. The molecule has 1 aromatic rings. The zero-order chi connectivity index (χ0) is 17.7. The van der Waals surface area contributed by atoms with Crippen LogP contribution < -0.4 is 5.73 Å². The molecule has 0 saturated carbocycles. The van der Waals surface area contributed by atoms with E-state index >= 15 is 0 Å². The molecule has 1 unspecified atom stereocenters. The topological polar surface area (TPSA) is 116 Å². The minimum atomic E-state index is -0.517. The summed E-state index contributed by atoms with van der Waals surface area (Å²) in [5, 5.41) is 21.3. The largest absolute Gasteiger partial charge is 0.409 e. The monoisotopic (exact) mass is 333 g/mol. The Bertz CT molecular complexity index is 636. The number of piperidine rings is 1. The summed E-state index contributed by atoms with van der Waals surface area (Å²) in [6, 6.07) is 6.59. The lowest BCUT2D eigenvalue weighted by atomic mass is 9.92. The van der Waals surface area contributed by atoms with Crippen LogP contribution >= 0.6 is 0 Å². The van der Waals surface area contributed by atoms with Crippen LogP contribution in [0, 0.1) is 5.92 Å². The van der Waals surface area contributed by atoms with Crippen molar-refractivity contribution >= 4 is 17.5 Å². The molecule has 1 atom stereocenters. The minimum Gasteiger partial charge on any atom is -0.409 e. The molecule has 130 valence electrons. The second-order valence-electron chi connectivity index (χ2n) is 6.11. The standard InChI is InChI=1S/C17H23N3O4/c1-11(10-15(22)20-8-6-12(21)7-9-20)16(23)13-4-2-3-5-14(13)17(18)19-24/h2-5,11-12,21,24H,6-10H2,1H3,(H2,18,19). The highest BCUT2D eigenvalue weighted by atomic mass is 16.4. The summed E-state index contributed by atoms with van der Waals surface area (Å²) < 4.78 is 0. The van der Waals surface area contributed by atoms with Crippen LogP contribution in [0.3, 0.4) is 0 Å². The summed E-state index contributed by atoms with van der Waals surface area (Å²) in [5.41, 5.74) is 6.30. The summed E-state index contributed by atoms with van der Waals surface area (Å²) in [5.74, 6) is -0.967. The highest BCUT2D eigenvalue weighted by Gasteiger charge is 2.26. The van der Waals surface area contributed by atoms with E-state index in [2.05, 4.69) is 5.16 Å². The van der Waals surface area contributed by atoms with Gasteiger partial charge >= 0.3 is 0 Å². The fourth-order valence-electron chi connectivity index (χ4n) is 2.84. The number of amides is 1. The molecule has 1 amide bonds. The first-order valence-corrected chi connectivity index (χ1v) is 8.01. The molecule has 0 spiro atoms. The Morgan fingerprint density at radius 3 is 2.46 bits per heavy atom. The average molecular weight is 333 g/mol. The van der Waals surface area contributed by atoms with Gasteiger partial charge in [0.1, 0.15) is 0 Å². The van der Waals surface area contributed by atoms with Crippen LogP contribution in [-0.4, -0.2) is 51.9 Å². The number of ketones is 1. The van der Waals surface area contributed by atoms with E-state index in [0.29, 0.717) is 37.1 Å². The zero-order valence-electron chi connectivity index (χ0n) is 13.7. The lowest BCUT2D eigenvalue weighted by molar-refractivity contribution is -0.133. The smallest absolute Gasteiger partial charge is 0.223 e. The van der Waals surface area contributed by atoms with Crippen molar-refractivity contribution in [3.8, 4) is 0 Å². The third-order valence-corrected chi connectivity index (χ3v) is 4.32. The number of carbonyl (C=O) groups is 2. The van der Waals surface area contributed by atoms with Gasteiger partial charge in [0.25, 0.3) is 0 Å². The van der Waals surface area contributed by atoms with E-state index in [-0.39, 0.29) is 30.1 Å². The summed E-state index contributed by atoms with van der Waals surface area (Å²) in [6.45, 7) is 2.73. The number of amidine groups is 1. The van der Waals surface area contributed by atoms with Gasteiger partial charge in [0.2, 0.25) is 5.91 Å². The number of aliphatic hydroxyl groups is 1. The number of hydrogen-bond acceptors (Lipinski definition) is 5. The number of aliphatic hydroxyl groups excluding tert-OH is 1. The predicted molar refractivity (Wildman–Crippen MR) is 88.9 cm³/mol. The third kappa shape index (κ3) is 4.11. The number of oxime groups is 1. The van der Waals surface area contributed by atoms with Crippen molar-refractivity contribution in [2.24, 2.45) is 16.8 Å². The number of hydrogen-bond donors (Lipinski definition) is 3. The zero-order valence-corrected chi connectivity index (χ0v) is 13.7. The van der Waals surface area contributed by atoms with Crippen molar-refractivity contribution in [1.82, 2.24) is 4.90 Å². The molecule has 1 aliphatic rings. The van der Waals surface area contributed by atoms with Crippen LogP contribution in [0.4, 0.5) is 0 Å². The molecule has 0 bridgehead atoms. The van der Waals surface area contributed by atoms with Gasteiger partial charge < -0.3 is 20.9 Å². The number of Topliss-reactive ketones (excluding diaryl/α,β-unsaturated/α-hetero) is 1. The number of rotatable bonds is 5. The molecule has 1 aromatic carbocycles. The maximum absolute atomic E-state index is 12.7.